The maximum absolute atomic E-state index is 11.6. The normalized spacial score (nSPS) is 20.6. The third-order valence-corrected chi connectivity index (χ3v) is 4.08. The van der Waals surface area contributed by atoms with Crippen LogP contribution in [0.25, 0.3) is 0 Å². The Morgan fingerprint density at radius 2 is 1.95 bits per heavy atom. The first-order chi connectivity index (χ1) is 9.80. The van der Waals surface area contributed by atoms with Crippen molar-refractivity contribution in [1.29, 1.82) is 0 Å². The van der Waals surface area contributed by atoms with Gasteiger partial charge in [0.1, 0.15) is 12.6 Å². The van der Waals surface area contributed by atoms with Crippen LogP contribution in [0.4, 0.5) is 4.79 Å². The van der Waals surface area contributed by atoms with Crippen LogP contribution in [-0.2, 0) is 26.4 Å². The molecule has 0 aromatic heterocycles. The molecule has 1 fully saturated rings. The van der Waals surface area contributed by atoms with Crippen LogP contribution in [0.1, 0.15) is 12.5 Å². The van der Waals surface area contributed by atoms with E-state index in [-0.39, 0.29) is 36.2 Å². The number of nitrogens with zero attached hydrogens (tertiary/aromatic N) is 1. The molecule has 0 bridgehead atoms. The third-order valence-electron chi connectivity index (χ3n) is 3.07. The zero-order valence-corrected chi connectivity index (χ0v) is 14.9. The molecule has 1 aromatic carbocycles. The first-order valence-corrected chi connectivity index (χ1v) is 7.48. The van der Waals surface area contributed by atoms with E-state index in [2.05, 4.69) is 5.32 Å². The van der Waals surface area contributed by atoms with Crippen LogP contribution in [0.5, 0.6) is 0 Å². The van der Waals surface area contributed by atoms with Crippen molar-refractivity contribution in [2.75, 3.05) is 0 Å². The van der Waals surface area contributed by atoms with Crippen LogP contribution in [-0.4, -0.2) is 70.9 Å². The number of benzene rings is 1. The number of amides is 2. The van der Waals surface area contributed by atoms with Crippen LogP contribution >= 0.6 is 0 Å². The van der Waals surface area contributed by atoms with Gasteiger partial charge in [0.05, 0.1) is 6.04 Å². The Balaban J connectivity index is 0.00000242. The van der Waals surface area contributed by atoms with E-state index in [0.717, 1.165) is 5.56 Å². The molecule has 1 radical (unpaired) electrons. The topological polar surface area (TPSA) is 113 Å². The quantitative estimate of drug-likeness (QED) is 0.452. The van der Waals surface area contributed by atoms with E-state index in [1.165, 1.54) is 6.92 Å². The van der Waals surface area contributed by atoms with Crippen molar-refractivity contribution in [2.24, 2.45) is 0 Å². The van der Waals surface area contributed by atoms with Crippen molar-refractivity contribution >= 4 is 51.9 Å². The standard InChI is InChI=1S/C12H14N2O6S.Na/c1-8-10(11(15)14(8)21(17,18)19)13-12(16)20-7-9-5-3-2-4-6-9;/h2-6,8,10H,7H2,1H3,(H,13,16)(H,17,18,19);/t8-,10-;/m0./s1. The van der Waals surface area contributed by atoms with E-state index in [1.807, 2.05) is 6.07 Å². The monoisotopic (exact) mass is 337 g/mol. The Morgan fingerprint density at radius 3 is 2.45 bits per heavy atom. The van der Waals surface area contributed by atoms with Gasteiger partial charge in [0.2, 0.25) is 0 Å². The smallest absolute Gasteiger partial charge is 0.408 e. The molecule has 1 saturated heterocycles. The van der Waals surface area contributed by atoms with Gasteiger partial charge in [0, 0.05) is 29.6 Å². The van der Waals surface area contributed by atoms with Gasteiger partial charge >= 0.3 is 16.4 Å². The number of carbonyl (C=O) groups excluding carboxylic acids is 2. The fraction of sp³-hybridized carbons (Fsp3) is 0.333. The third kappa shape index (κ3) is 4.20. The number of rotatable bonds is 4. The number of carbonyl (C=O) groups is 2. The van der Waals surface area contributed by atoms with Crippen molar-refractivity contribution in [2.45, 2.75) is 25.6 Å². The maximum Gasteiger partial charge on any atom is 0.408 e. The summed E-state index contributed by atoms with van der Waals surface area (Å²) >= 11 is 0. The molecule has 10 heteroatoms. The fourth-order valence-corrected chi connectivity index (χ4v) is 2.88. The van der Waals surface area contributed by atoms with E-state index in [4.69, 9.17) is 9.29 Å². The maximum atomic E-state index is 11.6. The summed E-state index contributed by atoms with van der Waals surface area (Å²) in [6, 6.07) is 7.04. The van der Waals surface area contributed by atoms with E-state index < -0.39 is 34.4 Å². The summed E-state index contributed by atoms with van der Waals surface area (Å²) in [4.78, 5) is 23.1. The Morgan fingerprint density at radius 1 is 1.36 bits per heavy atom. The molecule has 2 amide bonds. The van der Waals surface area contributed by atoms with Gasteiger partial charge in [-0.05, 0) is 12.5 Å². The fourth-order valence-electron chi connectivity index (χ4n) is 2.00. The number of alkyl carbamates (subject to hydrolysis) is 1. The van der Waals surface area contributed by atoms with E-state index in [0.29, 0.717) is 4.31 Å². The van der Waals surface area contributed by atoms with Crippen LogP contribution in [0.2, 0.25) is 0 Å². The Labute approximate surface area is 150 Å². The minimum absolute atomic E-state index is 0. The number of nitrogens with one attached hydrogen (secondary N) is 1. The molecule has 1 aromatic rings. The van der Waals surface area contributed by atoms with E-state index in [1.54, 1.807) is 24.3 Å². The van der Waals surface area contributed by atoms with Gasteiger partial charge in [-0.1, -0.05) is 30.3 Å². The molecular weight excluding hydrogens is 323 g/mol. The summed E-state index contributed by atoms with van der Waals surface area (Å²) in [5, 5.41) is 2.26. The summed E-state index contributed by atoms with van der Waals surface area (Å²) in [5.41, 5.74) is 0.778. The average molecular weight is 337 g/mol. The molecule has 0 spiro atoms. The second kappa shape index (κ2) is 7.42. The van der Waals surface area contributed by atoms with Crippen molar-refractivity contribution in [3.8, 4) is 0 Å². The van der Waals surface area contributed by atoms with Crippen molar-refractivity contribution in [1.82, 2.24) is 9.62 Å². The van der Waals surface area contributed by atoms with Gasteiger partial charge in [-0.25, -0.2) is 9.10 Å². The van der Waals surface area contributed by atoms with E-state index in [9.17, 15) is 18.0 Å². The second-order valence-corrected chi connectivity index (χ2v) is 5.83. The van der Waals surface area contributed by atoms with Crippen LogP contribution in [0.15, 0.2) is 30.3 Å². The minimum atomic E-state index is -4.60. The summed E-state index contributed by atoms with van der Waals surface area (Å²) in [6.45, 7) is 1.42. The Kier molecular flexibility index (Phi) is 6.38. The molecule has 2 N–H and O–H groups in total. The number of β-lactam (4-membered cyclic amide) rings is 1. The summed E-state index contributed by atoms with van der Waals surface area (Å²) < 4.78 is 35.8. The zero-order valence-electron chi connectivity index (χ0n) is 12.1. The Bertz CT molecular complexity index is 651. The van der Waals surface area contributed by atoms with Crippen LogP contribution < -0.4 is 5.32 Å². The molecule has 1 heterocycles. The SMILES string of the molecule is C[C@H]1[C@H](NC(=O)OCc2ccccc2)C(=O)N1S(=O)(=O)O.[Na]. The minimum Gasteiger partial charge on any atom is -0.445 e. The number of hydrogen-bond donors (Lipinski definition) is 2. The first kappa shape index (κ1) is 18.9. The predicted molar refractivity (Wildman–Crippen MR) is 77.2 cm³/mol. The summed E-state index contributed by atoms with van der Waals surface area (Å²) in [7, 11) is -4.60. The average Bonchev–Trinajstić information content (AvgIpc) is 2.42. The second-order valence-electron chi connectivity index (χ2n) is 4.54. The molecule has 8 nitrogen and oxygen atoms in total. The predicted octanol–water partition coefficient (Wildman–Crippen LogP) is -0.0659. The first-order valence-electron chi connectivity index (χ1n) is 6.08. The summed E-state index contributed by atoms with van der Waals surface area (Å²) in [5.74, 6) is -0.901. The molecule has 0 aliphatic carbocycles. The van der Waals surface area contributed by atoms with E-state index >= 15 is 0 Å². The van der Waals surface area contributed by atoms with Gasteiger partial charge in [0.15, 0.2) is 0 Å². The molecule has 0 unspecified atom stereocenters. The number of ether oxygens (including phenoxy) is 1. The molecule has 115 valence electrons. The van der Waals surface area contributed by atoms with Gasteiger partial charge < -0.3 is 10.1 Å². The Hall–Kier alpha value is -1.13. The molecule has 1 aliphatic rings. The largest absolute Gasteiger partial charge is 0.445 e. The van der Waals surface area contributed by atoms with Gasteiger partial charge in [-0.3, -0.25) is 9.35 Å². The molecule has 22 heavy (non-hydrogen) atoms. The molecule has 1 aliphatic heterocycles. The van der Waals surface area contributed by atoms with Gasteiger partial charge in [0.25, 0.3) is 5.91 Å². The molecular formula is C12H14N2NaO6S. The number of hydrogen-bond acceptors (Lipinski definition) is 5. The van der Waals surface area contributed by atoms with Crippen LogP contribution in [0.3, 0.4) is 0 Å². The molecule has 0 saturated carbocycles. The zero-order chi connectivity index (χ0) is 15.6. The van der Waals surface area contributed by atoms with Crippen molar-refractivity contribution in [3.05, 3.63) is 35.9 Å². The summed E-state index contributed by atoms with van der Waals surface area (Å²) in [6.07, 6.45) is -0.834. The molecule has 2 atom stereocenters. The van der Waals surface area contributed by atoms with Crippen molar-refractivity contribution in [3.63, 3.8) is 0 Å². The van der Waals surface area contributed by atoms with Gasteiger partial charge in [-0.15, -0.1) is 0 Å². The molecule has 2 rings (SSSR count). The van der Waals surface area contributed by atoms with Crippen LogP contribution in [0, 0.1) is 0 Å². The van der Waals surface area contributed by atoms with Gasteiger partial charge in [-0.2, -0.15) is 8.42 Å². The van der Waals surface area contributed by atoms with Crippen molar-refractivity contribution < 1.29 is 27.3 Å².